The average Bonchev–Trinajstić information content (AvgIpc) is 2.69. The molecule has 0 aliphatic heterocycles. The van der Waals surface area contributed by atoms with Crippen LogP contribution in [-0.2, 0) is 16.0 Å². The maximum atomic E-state index is 6.23. The Morgan fingerprint density at radius 3 is 2.79 bits per heavy atom. The number of halogens is 1. The highest BCUT2D eigenvalue weighted by Crippen LogP contribution is 2.32. The summed E-state index contributed by atoms with van der Waals surface area (Å²) in [7, 11) is 1.65. The standard InChI is InChI=1S/C12H23ClN4O2/c1-5-19-12(2,3)11(16-14)10-9(13)8-15-17(10)6-7-18-4/h8,11,16H,5-7,14H2,1-4H3. The van der Waals surface area contributed by atoms with E-state index >= 15 is 0 Å². The number of nitrogens with two attached hydrogens (primary N) is 1. The van der Waals surface area contributed by atoms with Crippen LogP contribution in [0, 0.1) is 0 Å². The van der Waals surface area contributed by atoms with Crippen LogP contribution < -0.4 is 11.3 Å². The summed E-state index contributed by atoms with van der Waals surface area (Å²) in [5, 5.41) is 4.81. The molecule has 0 spiro atoms. The second kappa shape index (κ2) is 7.21. The van der Waals surface area contributed by atoms with Crippen molar-refractivity contribution in [1.82, 2.24) is 15.2 Å². The zero-order valence-corrected chi connectivity index (χ0v) is 12.7. The van der Waals surface area contributed by atoms with Crippen LogP contribution in [0.15, 0.2) is 6.20 Å². The van der Waals surface area contributed by atoms with Crippen LogP contribution >= 0.6 is 11.6 Å². The van der Waals surface area contributed by atoms with Crippen molar-refractivity contribution in [2.24, 2.45) is 5.84 Å². The molecule has 0 amide bonds. The molecule has 110 valence electrons. The minimum atomic E-state index is -0.502. The number of nitrogens with one attached hydrogen (secondary N) is 1. The Hall–Kier alpha value is -0.660. The molecule has 0 saturated carbocycles. The molecule has 0 fully saturated rings. The second-order valence-corrected chi connectivity index (χ2v) is 5.14. The minimum Gasteiger partial charge on any atom is -0.383 e. The first-order valence-corrected chi connectivity index (χ1v) is 6.66. The van der Waals surface area contributed by atoms with E-state index in [4.69, 9.17) is 26.9 Å². The molecule has 1 heterocycles. The van der Waals surface area contributed by atoms with Gasteiger partial charge in [-0.05, 0) is 20.8 Å². The summed E-state index contributed by atoms with van der Waals surface area (Å²) in [6.07, 6.45) is 1.61. The predicted molar refractivity (Wildman–Crippen MR) is 74.9 cm³/mol. The number of nitrogens with zero attached hydrogens (tertiary/aromatic N) is 2. The lowest BCUT2D eigenvalue weighted by atomic mass is 9.96. The fraction of sp³-hybridized carbons (Fsp3) is 0.750. The topological polar surface area (TPSA) is 74.3 Å². The Morgan fingerprint density at radius 1 is 1.58 bits per heavy atom. The predicted octanol–water partition coefficient (Wildman–Crippen LogP) is 1.50. The van der Waals surface area contributed by atoms with E-state index in [1.807, 2.05) is 20.8 Å². The van der Waals surface area contributed by atoms with Crippen molar-refractivity contribution < 1.29 is 9.47 Å². The number of hydrogen-bond acceptors (Lipinski definition) is 5. The number of hydrogen-bond donors (Lipinski definition) is 2. The molecule has 1 atom stereocenters. The summed E-state index contributed by atoms with van der Waals surface area (Å²) in [5.41, 5.74) is 3.08. The van der Waals surface area contributed by atoms with Gasteiger partial charge in [0.1, 0.15) is 0 Å². The number of ether oxygens (including phenoxy) is 2. The largest absolute Gasteiger partial charge is 0.383 e. The molecule has 0 saturated heterocycles. The third kappa shape index (κ3) is 3.90. The first kappa shape index (κ1) is 16.4. The summed E-state index contributed by atoms with van der Waals surface area (Å²) in [6.45, 7) is 7.63. The van der Waals surface area contributed by atoms with E-state index in [1.165, 1.54) is 0 Å². The third-order valence-corrected chi connectivity index (χ3v) is 3.28. The molecule has 19 heavy (non-hydrogen) atoms. The second-order valence-electron chi connectivity index (χ2n) is 4.73. The van der Waals surface area contributed by atoms with Crippen molar-refractivity contribution in [3.8, 4) is 0 Å². The Morgan fingerprint density at radius 2 is 2.26 bits per heavy atom. The van der Waals surface area contributed by atoms with Crippen LogP contribution in [0.1, 0.15) is 32.5 Å². The summed E-state index contributed by atoms with van der Waals surface area (Å²) in [4.78, 5) is 0. The molecular weight excluding hydrogens is 268 g/mol. The monoisotopic (exact) mass is 290 g/mol. The van der Waals surface area contributed by atoms with Gasteiger partial charge in [-0.3, -0.25) is 10.5 Å². The highest BCUT2D eigenvalue weighted by molar-refractivity contribution is 6.31. The van der Waals surface area contributed by atoms with Gasteiger partial charge in [-0.1, -0.05) is 11.6 Å². The van der Waals surface area contributed by atoms with E-state index in [2.05, 4.69) is 10.5 Å². The van der Waals surface area contributed by atoms with Crippen LogP contribution in [0.5, 0.6) is 0 Å². The molecule has 0 aromatic carbocycles. The van der Waals surface area contributed by atoms with Crippen LogP contribution in [-0.4, -0.2) is 35.7 Å². The van der Waals surface area contributed by atoms with Gasteiger partial charge in [0.05, 0.1) is 41.7 Å². The molecule has 1 aromatic heterocycles. The van der Waals surface area contributed by atoms with Gasteiger partial charge in [0.25, 0.3) is 0 Å². The summed E-state index contributed by atoms with van der Waals surface area (Å²) >= 11 is 6.23. The van der Waals surface area contributed by atoms with Gasteiger partial charge >= 0.3 is 0 Å². The lowest BCUT2D eigenvalue weighted by molar-refractivity contribution is -0.0414. The molecule has 0 aliphatic carbocycles. The van der Waals surface area contributed by atoms with E-state index in [0.29, 0.717) is 24.8 Å². The van der Waals surface area contributed by atoms with E-state index in [1.54, 1.807) is 18.0 Å². The molecular formula is C12H23ClN4O2. The van der Waals surface area contributed by atoms with Gasteiger partial charge < -0.3 is 9.47 Å². The van der Waals surface area contributed by atoms with E-state index in [0.717, 1.165) is 5.69 Å². The first-order valence-electron chi connectivity index (χ1n) is 6.28. The number of hydrazine groups is 1. The Bertz CT molecular complexity index is 395. The first-order chi connectivity index (χ1) is 8.97. The normalized spacial score (nSPS) is 13.8. The number of methoxy groups -OCH3 is 1. The molecule has 7 heteroatoms. The zero-order chi connectivity index (χ0) is 14.5. The molecule has 0 aliphatic rings. The summed E-state index contributed by atoms with van der Waals surface area (Å²) in [6, 6.07) is -0.265. The van der Waals surface area contributed by atoms with Crippen molar-refractivity contribution in [2.45, 2.75) is 39.0 Å². The Kier molecular flexibility index (Phi) is 6.22. The number of aromatic nitrogens is 2. The van der Waals surface area contributed by atoms with Gasteiger partial charge in [-0.25, -0.2) is 5.43 Å². The molecule has 6 nitrogen and oxygen atoms in total. The highest BCUT2D eigenvalue weighted by atomic mass is 35.5. The molecule has 3 N–H and O–H groups in total. The SMILES string of the molecule is CCOC(C)(C)C(NN)c1c(Cl)cnn1CCOC. The van der Waals surface area contributed by atoms with Crippen molar-refractivity contribution in [1.29, 1.82) is 0 Å². The number of rotatable bonds is 8. The van der Waals surface area contributed by atoms with Gasteiger partial charge in [-0.15, -0.1) is 0 Å². The molecule has 1 rings (SSSR count). The van der Waals surface area contributed by atoms with Crippen LogP contribution in [0.4, 0.5) is 0 Å². The van der Waals surface area contributed by atoms with Crippen molar-refractivity contribution >= 4 is 11.6 Å². The average molecular weight is 291 g/mol. The maximum absolute atomic E-state index is 6.23. The van der Waals surface area contributed by atoms with Crippen LogP contribution in [0.3, 0.4) is 0 Å². The Labute approximate surface area is 119 Å². The fourth-order valence-electron chi connectivity index (χ4n) is 2.08. The lowest BCUT2D eigenvalue weighted by Gasteiger charge is -2.34. The quantitative estimate of drug-likeness (QED) is 0.561. The minimum absolute atomic E-state index is 0.265. The molecule has 1 aromatic rings. The lowest BCUT2D eigenvalue weighted by Crippen LogP contribution is -2.45. The van der Waals surface area contributed by atoms with Crippen molar-refractivity contribution in [3.05, 3.63) is 16.9 Å². The zero-order valence-electron chi connectivity index (χ0n) is 11.9. The molecule has 1 unspecified atom stereocenters. The fourth-order valence-corrected chi connectivity index (χ4v) is 2.33. The van der Waals surface area contributed by atoms with Crippen LogP contribution in [0.25, 0.3) is 0 Å². The maximum Gasteiger partial charge on any atom is 0.0928 e. The summed E-state index contributed by atoms with van der Waals surface area (Å²) in [5.74, 6) is 5.69. The van der Waals surface area contributed by atoms with Crippen molar-refractivity contribution in [3.63, 3.8) is 0 Å². The van der Waals surface area contributed by atoms with Crippen molar-refractivity contribution in [2.75, 3.05) is 20.3 Å². The van der Waals surface area contributed by atoms with E-state index < -0.39 is 5.60 Å². The molecule has 0 bridgehead atoms. The third-order valence-electron chi connectivity index (χ3n) is 2.99. The van der Waals surface area contributed by atoms with Gasteiger partial charge in [0.15, 0.2) is 0 Å². The Balaban J connectivity index is 3.06. The van der Waals surface area contributed by atoms with Crippen LogP contribution in [0.2, 0.25) is 5.02 Å². The van der Waals surface area contributed by atoms with E-state index in [-0.39, 0.29) is 6.04 Å². The summed E-state index contributed by atoms with van der Waals surface area (Å²) < 4.78 is 12.6. The van der Waals surface area contributed by atoms with Gasteiger partial charge in [0, 0.05) is 13.7 Å². The van der Waals surface area contributed by atoms with Gasteiger partial charge in [-0.2, -0.15) is 5.10 Å². The van der Waals surface area contributed by atoms with Gasteiger partial charge in [0.2, 0.25) is 0 Å². The smallest absolute Gasteiger partial charge is 0.0928 e. The molecule has 0 radical (unpaired) electrons. The highest BCUT2D eigenvalue weighted by Gasteiger charge is 2.34. The van der Waals surface area contributed by atoms with E-state index in [9.17, 15) is 0 Å².